The van der Waals surface area contributed by atoms with Crippen molar-refractivity contribution >= 4 is 45.0 Å². The van der Waals surface area contributed by atoms with Crippen LogP contribution in [0.3, 0.4) is 0 Å². The number of nitrogens with one attached hydrogen (secondary N) is 1. The molecule has 1 aliphatic carbocycles. The molecule has 1 aliphatic rings. The Kier molecular flexibility index (Phi) is 6.57. The van der Waals surface area contributed by atoms with Gasteiger partial charge in [0.25, 0.3) is 0 Å². The van der Waals surface area contributed by atoms with Crippen molar-refractivity contribution in [3.05, 3.63) is 29.0 Å². The standard InChI is InChI=1S/C18H24ClN5O3S2/c1-5-24-16(12-6-7-12)21-22-18(24)28-11(2)17(25)20-13-8-9-14(19)15(10-13)29(26,27)23(3)4/h8-12H,5-7H2,1-4H3,(H,20,25). The molecule has 1 amide bonds. The van der Waals surface area contributed by atoms with Gasteiger partial charge in [-0.2, -0.15) is 0 Å². The first kappa shape index (κ1) is 22.1. The Bertz CT molecular complexity index is 1020. The summed E-state index contributed by atoms with van der Waals surface area (Å²) >= 11 is 7.39. The molecule has 1 fully saturated rings. The first-order chi connectivity index (χ1) is 13.6. The number of carbonyl (C=O) groups is 1. The molecule has 1 saturated carbocycles. The molecule has 1 aromatic carbocycles. The van der Waals surface area contributed by atoms with E-state index in [1.807, 2.05) is 6.92 Å². The molecule has 0 saturated heterocycles. The first-order valence-electron chi connectivity index (χ1n) is 9.27. The highest BCUT2D eigenvalue weighted by Gasteiger charge is 2.31. The highest BCUT2D eigenvalue weighted by atomic mass is 35.5. The summed E-state index contributed by atoms with van der Waals surface area (Å²) < 4.78 is 27.9. The summed E-state index contributed by atoms with van der Waals surface area (Å²) in [7, 11) is -0.868. The van der Waals surface area contributed by atoms with Gasteiger partial charge in [-0.1, -0.05) is 23.4 Å². The lowest BCUT2D eigenvalue weighted by Gasteiger charge is -2.16. The maximum Gasteiger partial charge on any atom is 0.244 e. The van der Waals surface area contributed by atoms with Crippen LogP contribution in [0.4, 0.5) is 5.69 Å². The molecule has 0 radical (unpaired) electrons. The van der Waals surface area contributed by atoms with E-state index >= 15 is 0 Å². The Morgan fingerprint density at radius 2 is 2.07 bits per heavy atom. The van der Waals surface area contributed by atoms with Crippen LogP contribution in [0, 0.1) is 0 Å². The number of anilines is 1. The molecule has 2 aromatic rings. The number of halogens is 1. The van der Waals surface area contributed by atoms with Gasteiger partial charge in [-0.25, -0.2) is 12.7 Å². The number of carbonyl (C=O) groups excluding carboxylic acids is 1. The van der Waals surface area contributed by atoms with Gasteiger partial charge >= 0.3 is 0 Å². The number of hydrogen-bond donors (Lipinski definition) is 1. The van der Waals surface area contributed by atoms with Gasteiger partial charge in [-0.15, -0.1) is 10.2 Å². The van der Waals surface area contributed by atoms with E-state index in [2.05, 4.69) is 20.1 Å². The molecule has 1 unspecified atom stereocenters. The Balaban J connectivity index is 1.73. The zero-order valence-electron chi connectivity index (χ0n) is 16.7. The molecule has 3 rings (SSSR count). The topological polar surface area (TPSA) is 97.2 Å². The van der Waals surface area contributed by atoms with E-state index in [1.165, 1.54) is 38.0 Å². The number of amides is 1. The summed E-state index contributed by atoms with van der Waals surface area (Å²) in [6, 6.07) is 4.40. The van der Waals surface area contributed by atoms with E-state index in [-0.39, 0.29) is 15.8 Å². The summed E-state index contributed by atoms with van der Waals surface area (Å²) in [5.41, 5.74) is 0.364. The van der Waals surface area contributed by atoms with Crippen molar-refractivity contribution in [2.24, 2.45) is 0 Å². The van der Waals surface area contributed by atoms with Crippen molar-refractivity contribution in [3.8, 4) is 0 Å². The average Bonchev–Trinajstić information content (AvgIpc) is 3.43. The summed E-state index contributed by atoms with van der Waals surface area (Å²) in [6.07, 6.45) is 2.27. The van der Waals surface area contributed by atoms with Crippen LogP contribution >= 0.6 is 23.4 Å². The first-order valence-corrected chi connectivity index (χ1v) is 12.0. The molecular weight excluding hydrogens is 434 g/mol. The number of thioether (sulfide) groups is 1. The number of sulfonamides is 1. The molecule has 8 nitrogen and oxygen atoms in total. The zero-order chi connectivity index (χ0) is 21.3. The van der Waals surface area contributed by atoms with Crippen LogP contribution in [0.25, 0.3) is 0 Å². The molecule has 1 N–H and O–H groups in total. The lowest BCUT2D eigenvalue weighted by molar-refractivity contribution is -0.115. The molecule has 0 aliphatic heterocycles. The van der Waals surface area contributed by atoms with Crippen molar-refractivity contribution in [2.45, 2.75) is 54.5 Å². The molecule has 0 spiro atoms. The maximum absolute atomic E-state index is 12.7. The van der Waals surface area contributed by atoms with E-state index in [0.29, 0.717) is 16.8 Å². The molecule has 29 heavy (non-hydrogen) atoms. The molecule has 1 atom stereocenters. The highest BCUT2D eigenvalue weighted by molar-refractivity contribution is 8.00. The third-order valence-corrected chi connectivity index (χ3v) is 7.99. The number of benzene rings is 1. The van der Waals surface area contributed by atoms with E-state index in [1.54, 1.807) is 13.0 Å². The van der Waals surface area contributed by atoms with E-state index in [0.717, 1.165) is 29.5 Å². The van der Waals surface area contributed by atoms with Crippen LogP contribution in [-0.2, 0) is 21.4 Å². The van der Waals surface area contributed by atoms with Crippen LogP contribution < -0.4 is 5.32 Å². The van der Waals surface area contributed by atoms with Crippen LogP contribution in [0.15, 0.2) is 28.3 Å². The normalized spacial score (nSPS) is 15.5. The van der Waals surface area contributed by atoms with Crippen molar-refractivity contribution in [2.75, 3.05) is 19.4 Å². The smallest absolute Gasteiger partial charge is 0.244 e. The van der Waals surface area contributed by atoms with E-state index < -0.39 is 15.3 Å². The minimum Gasteiger partial charge on any atom is -0.325 e. The monoisotopic (exact) mass is 457 g/mol. The Morgan fingerprint density at radius 1 is 1.38 bits per heavy atom. The largest absolute Gasteiger partial charge is 0.325 e. The third-order valence-electron chi connectivity index (χ3n) is 4.61. The van der Waals surface area contributed by atoms with Gasteiger partial charge in [-0.05, 0) is 44.9 Å². The predicted molar refractivity (Wildman–Crippen MR) is 114 cm³/mol. The van der Waals surface area contributed by atoms with Crippen molar-refractivity contribution < 1.29 is 13.2 Å². The lowest BCUT2D eigenvalue weighted by atomic mass is 10.3. The quantitative estimate of drug-likeness (QED) is 0.611. The van der Waals surface area contributed by atoms with Crippen LogP contribution in [-0.4, -0.2) is 52.7 Å². The molecule has 1 heterocycles. The van der Waals surface area contributed by atoms with Gasteiger partial charge in [0.1, 0.15) is 10.7 Å². The SMILES string of the molecule is CCn1c(SC(C)C(=O)Nc2ccc(Cl)c(S(=O)(=O)N(C)C)c2)nnc1C1CC1. The fraction of sp³-hybridized carbons (Fsp3) is 0.500. The van der Waals surface area contributed by atoms with Crippen molar-refractivity contribution in [1.29, 1.82) is 0 Å². The zero-order valence-corrected chi connectivity index (χ0v) is 19.1. The minimum absolute atomic E-state index is 0.0536. The highest BCUT2D eigenvalue weighted by Crippen LogP contribution is 2.40. The summed E-state index contributed by atoms with van der Waals surface area (Å²) in [5.74, 6) is 1.20. The molecule has 11 heteroatoms. The fourth-order valence-corrected chi connectivity index (χ4v) is 5.07. The average molecular weight is 458 g/mol. The summed E-state index contributed by atoms with van der Waals surface area (Å²) in [6.45, 7) is 4.56. The second-order valence-corrected chi connectivity index (χ2v) is 10.9. The van der Waals surface area contributed by atoms with Gasteiger partial charge in [0.2, 0.25) is 15.9 Å². The predicted octanol–water partition coefficient (Wildman–Crippen LogP) is 3.20. The second-order valence-electron chi connectivity index (χ2n) is 7.04. The Hall–Kier alpha value is -1.62. The molecule has 158 valence electrons. The maximum atomic E-state index is 12.7. The number of hydrogen-bond acceptors (Lipinski definition) is 6. The van der Waals surface area contributed by atoms with E-state index in [9.17, 15) is 13.2 Å². The molecule has 0 bridgehead atoms. The molecule has 1 aromatic heterocycles. The second kappa shape index (κ2) is 8.63. The van der Waals surface area contributed by atoms with Crippen LogP contribution in [0.5, 0.6) is 0 Å². The molecular formula is C18H24ClN5O3S2. The number of nitrogens with zero attached hydrogens (tertiary/aromatic N) is 4. The Morgan fingerprint density at radius 3 is 2.66 bits per heavy atom. The lowest BCUT2D eigenvalue weighted by Crippen LogP contribution is -2.24. The van der Waals surface area contributed by atoms with Crippen molar-refractivity contribution in [1.82, 2.24) is 19.1 Å². The van der Waals surface area contributed by atoms with E-state index in [4.69, 9.17) is 11.6 Å². The Labute approximate surface area is 180 Å². The number of aromatic nitrogens is 3. The van der Waals surface area contributed by atoms with Crippen molar-refractivity contribution in [3.63, 3.8) is 0 Å². The van der Waals surface area contributed by atoms with Gasteiger partial charge in [0, 0.05) is 32.2 Å². The van der Waals surface area contributed by atoms with Crippen LogP contribution in [0.1, 0.15) is 38.4 Å². The summed E-state index contributed by atoms with van der Waals surface area (Å²) in [5, 5.41) is 11.7. The van der Waals surface area contributed by atoms with Gasteiger partial charge in [-0.3, -0.25) is 4.79 Å². The fourth-order valence-electron chi connectivity index (χ4n) is 2.76. The summed E-state index contributed by atoms with van der Waals surface area (Å²) in [4.78, 5) is 12.6. The minimum atomic E-state index is -3.72. The van der Waals surface area contributed by atoms with Crippen LogP contribution in [0.2, 0.25) is 5.02 Å². The van der Waals surface area contributed by atoms with Gasteiger partial charge < -0.3 is 9.88 Å². The third kappa shape index (κ3) is 4.76. The van der Waals surface area contributed by atoms with Gasteiger partial charge in [0.15, 0.2) is 5.16 Å². The van der Waals surface area contributed by atoms with Gasteiger partial charge in [0.05, 0.1) is 10.3 Å². The number of rotatable bonds is 8.